The van der Waals surface area contributed by atoms with Crippen molar-refractivity contribution in [3.05, 3.63) is 34.1 Å². The van der Waals surface area contributed by atoms with Crippen molar-refractivity contribution in [3.63, 3.8) is 0 Å². The number of rotatable bonds is 6. The zero-order valence-corrected chi connectivity index (χ0v) is 13.4. The highest BCUT2D eigenvalue weighted by atomic mass is 79.9. The molecule has 0 fully saturated rings. The fraction of sp³-hybridized carbons (Fsp3) is 0.333. The normalized spacial score (nSPS) is 12.7. The summed E-state index contributed by atoms with van der Waals surface area (Å²) in [7, 11) is -3.37. The first-order valence-electron chi connectivity index (χ1n) is 5.77. The number of benzene rings is 1. The Bertz CT molecular complexity index is 641. The van der Waals surface area contributed by atoms with Gasteiger partial charge >= 0.3 is 5.97 Å². The second-order valence-corrected chi connectivity index (χ2v) is 7.49. The van der Waals surface area contributed by atoms with Gasteiger partial charge in [0.2, 0.25) is 0 Å². The van der Waals surface area contributed by atoms with Crippen LogP contribution < -0.4 is 5.32 Å². The lowest BCUT2D eigenvalue weighted by atomic mass is 10.1. The van der Waals surface area contributed by atoms with Crippen molar-refractivity contribution in [1.29, 1.82) is 0 Å². The Morgan fingerprint density at radius 2 is 2.05 bits per heavy atom. The number of carbonyl (C=O) groups excluding carboxylic acids is 1. The summed E-state index contributed by atoms with van der Waals surface area (Å²) >= 11 is 3.00. The highest BCUT2D eigenvalue weighted by Crippen LogP contribution is 2.19. The maximum atomic E-state index is 13.6. The first-order valence-corrected chi connectivity index (χ1v) is 8.62. The van der Waals surface area contributed by atoms with Gasteiger partial charge in [-0.1, -0.05) is 6.07 Å². The van der Waals surface area contributed by atoms with Crippen molar-refractivity contribution in [3.8, 4) is 0 Å². The van der Waals surface area contributed by atoms with Crippen LogP contribution in [-0.4, -0.2) is 43.5 Å². The van der Waals surface area contributed by atoms with E-state index in [-0.39, 0.29) is 16.5 Å². The Kier molecular flexibility index (Phi) is 5.85. The van der Waals surface area contributed by atoms with E-state index in [0.29, 0.717) is 0 Å². The number of nitrogens with one attached hydrogen (secondary N) is 1. The smallest absolute Gasteiger partial charge is 0.326 e. The third-order valence-corrected chi connectivity index (χ3v) is 4.21. The summed E-state index contributed by atoms with van der Waals surface area (Å²) in [6.07, 6.45) is 0.660. The molecule has 0 aliphatic carbocycles. The lowest BCUT2D eigenvalue weighted by Crippen LogP contribution is -2.42. The fourth-order valence-corrected chi connectivity index (χ4v) is 2.72. The lowest BCUT2D eigenvalue weighted by Gasteiger charge is -2.15. The second-order valence-electron chi connectivity index (χ2n) is 4.38. The van der Waals surface area contributed by atoms with Crippen molar-refractivity contribution in [2.45, 2.75) is 12.5 Å². The van der Waals surface area contributed by atoms with Gasteiger partial charge in [-0.3, -0.25) is 4.79 Å². The van der Waals surface area contributed by atoms with Gasteiger partial charge in [-0.2, -0.15) is 0 Å². The van der Waals surface area contributed by atoms with Crippen LogP contribution in [-0.2, 0) is 14.6 Å². The van der Waals surface area contributed by atoms with Gasteiger partial charge in [0.25, 0.3) is 5.91 Å². The third-order valence-electron chi connectivity index (χ3n) is 2.57. The standard InChI is InChI=1S/C12H13BrFNO5S/c1-21(19,20)6-5-9(12(17)18)15-11(16)10-7(13)3-2-4-8(10)14/h2-4,9H,5-6H2,1H3,(H,15,16)(H,17,18). The molecule has 0 aliphatic heterocycles. The number of hydrogen-bond donors (Lipinski definition) is 2. The topological polar surface area (TPSA) is 101 Å². The van der Waals surface area contributed by atoms with E-state index >= 15 is 0 Å². The first-order chi connectivity index (χ1) is 9.61. The average Bonchev–Trinajstić information content (AvgIpc) is 2.32. The third kappa shape index (κ3) is 5.43. The molecule has 116 valence electrons. The highest BCUT2D eigenvalue weighted by molar-refractivity contribution is 9.10. The Labute approximate surface area is 129 Å². The monoisotopic (exact) mass is 381 g/mol. The molecular formula is C12H13BrFNO5S. The quantitative estimate of drug-likeness (QED) is 0.770. The van der Waals surface area contributed by atoms with E-state index in [4.69, 9.17) is 5.11 Å². The number of aliphatic carboxylic acids is 1. The maximum Gasteiger partial charge on any atom is 0.326 e. The number of amides is 1. The molecule has 9 heteroatoms. The number of carbonyl (C=O) groups is 2. The summed E-state index contributed by atoms with van der Waals surface area (Å²) in [5.74, 6) is -3.53. The molecule has 0 spiro atoms. The van der Waals surface area contributed by atoms with Crippen LogP contribution in [0.3, 0.4) is 0 Å². The summed E-state index contributed by atoms with van der Waals surface area (Å²) in [4.78, 5) is 23.0. The number of hydrogen-bond acceptors (Lipinski definition) is 4. The van der Waals surface area contributed by atoms with Gasteiger partial charge in [0.1, 0.15) is 21.7 Å². The molecule has 0 aromatic heterocycles. The minimum atomic E-state index is -3.37. The van der Waals surface area contributed by atoms with Crippen molar-refractivity contribution in [2.24, 2.45) is 0 Å². The molecule has 0 radical (unpaired) electrons. The minimum absolute atomic E-state index is 0.173. The van der Waals surface area contributed by atoms with Gasteiger partial charge in [0, 0.05) is 10.7 Å². The average molecular weight is 382 g/mol. The van der Waals surface area contributed by atoms with Crippen LogP contribution in [0.25, 0.3) is 0 Å². The first kappa shape index (κ1) is 17.6. The maximum absolute atomic E-state index is 13.6. The van der Waals surface area contributed by atoms with Gasteiger partial charge in [-0.25, -0.2) is 17.6 Å². The molecule has 0 bridgehead atoms. The fourth-order valence-electron chi connectivity index (χ4n) is 1.53. The molecular weight excluding hydrogens is 369 g/mol. The molecule has 1 rings (SSSR count). The van der Waals surface area contributed by atoms with Gasteiger partial charge in [-0.05, 0) is 34.5 Å². The molecule has 2 N–H and O–H groups in total. The predicted octanol–water partition coefficient (Wildman–Crippen LogP) is 1.21. The van der Waals surface area contributed by atoms with E-state index in [0.717, 1.165) is 12.3 Å². The zero-order valence-electron chi connectivity index (χ0n) is 11.0. The summed E-state index contributed by atoms with van der Waals surface area (Å²) in [5, 5.41) is 11.1. The van der Waals surface area contributed by atoms with Crippen molar-refractivity contribution < 1.29 is 27.5 Å². The minimum Gasteiger partial charge on any atom is -0.480 e. The Hall–Kier alpha value is -1.48. The predicted molar refractivity (Wildman–Crippen MR) is 77.3 cm³/mol. The molecule has 0 heterocycles. The number of carboxylic acid groups (broad SMARTS) is 1. The van der Waals surface area contributed by atoms with Crippen LogP contribution in [0.4, 0.5) is 4.39 Å². The molecule has 1 unspecified atom stereocenters. The van der Waals surface area contributed by atoms with Crippen LogP contribution >= 0.6 is 15.9 Å². The van der Waals surface area contributed by atoms with Crippen molar-refractivity contribution in [2.75, 3.05) is 12.0 Å². The summed E-state index contributed by atoms with van der Waals surface area (Å²) in [5.41, 5.74) is -0.330. The SMILES string of the molecule is CS(=O)(=O)CCC(NC(=O)c1c(F)cccc1Br)C(=O)O. The molecule has 0 saturated heterocycles. The van der Waals surface area contributed by atoms with Crippen molar-refractivity contribution in [1.82, 2.24) is 5.32 Å². The van der Waals surface area contributed by atoms with Crippen molar-refractivity contribution >= 4 is 37.6 Å². The largest absolute Gasteiger partial charge is 0.480 e. The van der Waals surface area contributed by atoms with E-state index in [1.165, 1.54) is 12.1 Å². The molecule has 1 atom stereocenters. The van der Waals surface area contributed by atoms with Crippen LogP contribution in [0.5, 0.6) is 0 Å². The van der Waals surface area contributed by atoms with E-state index in [2.05, 4.69) is 21.2 Å². The summed E-state index contributed by atoms with van der Waals surface area (Å²) < 4.78 is 35.9. The van der Waals surface area contributed by atoms with E-state index in [1.54, 1.807) is 0 Å². The highest BCUT2D eigenvalue weighted by Gasteiger charge is 2.24. The summed E-state index contributed by atoms with van der Waals surface area (Å²) in [6.45, 7) is 0. The van der Waals surface area contributed by atoms with Crippen LogP contribution in [0.15, 0.2) is 22.7 Å². The molecule has 6 nitrogen and oxygen atoms in total. The van der Waals surface area contributed by atoms with E-state index < -0.39 is 39.3 Å². The lowest BCUT2D eigenvalue weighted by molar-refractivity contribution is -0.139. The Morgan fingerprint density at radius 1 is 1.43 bits per heavy atom. The molecule has 0 aliphatic rings. The van der Waals surface area contributed by atoms with Gasteiger partial charge in [-0.15, -0.1) is 0 Å². The molecule has 0 saturated carbocycles. The van der Waals surface area contributed by atoms with Gasteiger partial charge < -0.3 is 10.4 Å². The van der Waals surface area contributed by atoms with Crippen LogP contribution in [0.1, 0.15) is 16.8 Å². The molecule has 1 aromatic carbocycles. The van der Waals surface area contributed by atoms with E-state index in [9.17, 15) is 22.4 Å². The zero-order chi connectivity index (χ0) is 16.2. The Balaban J connectivity index is 2.89. The summed E-state index contributed by atoms with van der Waals surface area (Å²) in [6, 6.07) is 2.46. The second kappa shape index (κ2) is 6.99. The number of sulfone groups is 1. The number of carboxylic acids is 1. The van der Waals surface area contributed by atoms with Gasteiger partial charge in [0.15, 0.2) is 0 Å². The molecule has 1 aromatic rings. The van der Waals surface area contributed by atoms with Crippen LogP contribution in [0.2, 0.25) is 0 Å². The molecule has 1 amide bonds. The number of halogens is 2. The van der Waals surface area contributed by atoms with Gasteiger partial charge in [0.05, 0.1) is 11.3 Å². The van der Waals surface area contributed by atoms with E-state index in [1.807, 2.05) is 0 Å². The Morgan fingerprint density at radius 3 is 2.52 bits per heavy atom. The van der Waals surface area contributed by atoms with Crippen LogP contribution in [0, 0.1) is 5.82 Å². The molecule has 21 heavy (non-hydrogen) atoms.